The minimum absolute atomic E-state index is 0.229. The lowest BCUT2D eigenvalue weighted by Crippen LogP contribution is -2.12. The first-order valence-corrected chi connectivity index (χ1v) is 12.7. The van der Waals surface area contributed by atoms with Gasteiger partial charge in [-0.3, -0.25) is 0 Å². The molecule has 0 radical (unpaired) electrons. The van der Waals surface area contributed by atoms with Gasteiger partial charge in [-0.15, -0.1) is 23.1 Å². The molecule has 0 saturated carbocycles. The van der Waals surface area contributed by atoms with Crippen molar-refractivity contribution in [1.82, 2.24) is 9.97 Å². The summed E-state index contributed by atoms with van der Waals surface area (Å²) < 4.78 is 2.61. The maximum Gasteiger partial charge on any atom is 0.199 e. The molecule has 3 N–H and O–H groups in total. The molecule has 4 aromatic rings. The van der Waals surface area contributed by atoms with Gasteiger partial charge in [0, 0.05) is 19.1 Å². The summed E-state index contributed by atoms with van der Waals surface area (Å²) in [5.74, 6) is 0.619. The van der Waals surface area contributed by atoms with Crippen LogP contribution in [0.25, 0.3) is 10.2 Å². The molecule has 146 valence electrons. The Hall–Kier alpha value is -1.19. The summed E-state index contributed by atoms with van der Waals surface area (Å²) in [5.41, 5.74) is 10.3. The van der Waals surface area contributed by atoms with Crippen molar-refractivity contribution in [3.63, 3.8) is 0 Å². The Kier molecular flexibility index (Phi) is 5.32. The molecule has 1 aliphatic heterocycles. The Bertz CT molecular complexity index is 1260. The zero-order valence-electron chi connectivity index (χ0n) is 15.0. The molecule has 0 amide bonds. The first kappa shape index (κ1) is 19.8. The molecule has 2 aromatic heterocycles. The summed E-state index contributed by atoms with van der Waals surface area (Å²) in [6.07, 6.45) is 0.922. The molecular weight excluding hydrogens is 550 g/mol. The van der Waals surface area contributed by atoms with E-state index in [1.54, 1.807) is 11.3 Å². The lowest BCUT2D eigenvalue weighted by molar-refractivity contribution is 0.894. The number of benzene rings is 2. The summed E-state index contributed by atoms with van der Waals surface area (Å²) in [6, 6.07) is 17.2. The number of aromatic amines is 1. The van der Waals surface area contributed by atoms with Gasteiger partial charge in [-0.05, 0) is 59.6 Å². The number of halogens is 2. The molecule has 0 fully saturated rings. The Balaban J connectivity index is 1.70. The van der Waals surface area contributed by atoms with Gasteiger partial charge in [-0.25, -0.2) is 4.98 Å². The van der Waals surface area contributed by atoms with Crippen LogP contribution in [-0.2, 0) is 6.42 Å². The van der Waals surface area contributed by atoms with Crippen molar-refractivity contribution in [3.05, 3.63) is 83.8 Å². The van der Waals surface area contributed by atoms with Crippen LogP contribution in [0, 0.1) is 4.77 Å². The van der Waals surface area contributed by atoms with Gasteiger partial charge in [0.05, 0.1) is 10.6 Å². The average molecular weight is 565 g/mol. The van der Waals surface area contributed by atoms with E-state index in [2.05, 4.69) is 90.4 Å². The smallest absolute Gasteiger partial charge is 0.199 e. The largest absolute Gasteiger partial charge is 0.385 e. The Labute approximate surface area is 198 Å². The molecule has 0 saturated heterocycles. The number of fused-ring (bicyclic) bond motifs is 3. The topological polar surface area (TPSA) is 54.7 Å². The maximum absolute atomic E-state index is 6.36. The fraction of sp³-hybridized carbons (Fsp3) is 0.143. The van der Waals surface area contributed by atoms with Gasteiger partial charge in [0.25, 0.3) is 0 Å². The predicted octanol–water partition coefficient (Wildman–Crippen LogP) is 7.58. The van der Waals surface area contributed by atoms with Gasteiger partial charge in [0.2, 0.25) is 0 Å². The van der Waals surface area contributed by atoms with Gasteiger partial charge < -0.3 is 10.7 Å². The third kappa shape index (κ3) is 3.70. The second-order valence-electron chi connectivity index (χ2n) is 6.89. The number of thioether (sulfide) groups is 1. The first-order valence-electron chi connectivity index (χ1n) is 8.97. The van der Waals surface area contributed by atoms with E-state index in [1.807, 2.05) is 11.8 Å². The molecule has 0 bridgehead atoms. The van der Waals surface area contributed by atoms with Crippen LogP contribution < -0.4 is 5.73 Å². The van der Waals surface area contributed by atoms with Crippen LogP contribution in [0.1, 0.15) is 32.1 Å². The van der Waals surface area contributed by atoms with Crippen LogP contribution in [-0.4, -0.2) is 9.97 Å². The van der Waals surface area contributed by atoms with Crippen LogP contribution >= 0.6 is 67.2 Å². The zero-order chi connectivity index (χ0) is 20.1. The van der Waals surface area contributed by atoms with Gasteiger partial charge in [-0.1, -0.05) is 56.1 Å². The fourth-order valence-electron chi connectivity index (χ4n) is 3.74. The number of rotatable bonds is 2. The number of hydrogen-bond donors (Lipinski definition) is 2. The number of anilines is 1. The van der Waals surface area contributed by atoms with Crippen molar-refractivity contribution in [2.24, 2.45) is 0 Å². The predicted molar refractivity (Wildman–Crippen MR) is 133 cm³/mol. The van der Waals surface area contributed by atoms with Crippen molar-refractivity contribution < 1.29 is 0 Å². The minimum Gasteiger partial charge on any atom is -0.385 e. The Morgan fingerprint density at radius 1 is 1.00 bits per heavy atom. The summed E-state index contributed by atoms with van der Waals surface area (Å²) in [7, 11) is 0. The van der Waals surface area contributed by atoms with E-state index in [-0.39, 0.29) is 5.25 Å². The molecule has 3 heterocycles. The number of nitrogens with two attached hydrogens (primary N) is 1. The standard InChI is InChI=1S/C21H15Br2N3S3/c22-12-5-1-10(2-6-12)15-9-14-16-19(24)25-21(27)26-20(16)29-18(14)17(28-15)11-3-7-13(23)8-4-11/h1-8,15,17H,9H2,(H3,24,25,26,27)/t15-,17-/m1/s1. The molecule has 2 atom stereocenters. The average Bonchev–Trinajstić information content (AvgIpc) is 3.07. The molecule has 0 unspecified atom stereocenters. The first-order chi connectivity index (χ1) is 14.0. The molecule has 0 aliphatic carbocycles. The van der Waals surface area contributed by atoms with Gasteiger partial charge >= 0.3 is 0 Å². The van der Waals surface area contributed by atoms with Crippen LogP contribution in [0.4, 0.5) is 5.82 Å². The van der Waals surface area contributed by atoms with E-state index in [9.17, 15) is 0 Å². The van der Waals surface area contributed by atoms with Crippen molar-refractivity contribution in [3.8, 4) is 0 Å². The van der Waals surface area contributed by atoms with Crippen molar-refractivity contribution in [2.45, 2.75) is 16.9 Å². The molecule has 29 heavy (non-hydrogen) atoms. The normalized spacial score (nSPS) is 18.7. The molecule has 1 aliphatic rings. The highest BCUT2D eigenvalue weighted by atomic mass is 79.9. The van der Waals surface area contributed by atoms with Crippen molar-refractivity contribution >= 4 is 83.2 Å². The second-order valence-corrected chi connectivity index (χ2v) is 11.5. The van der Waals surface area contributed by atoms with E-state index >= 15 is 0 Å². The minimum atomic E-state index is 0.229. The summed E-state index contributed by atoms with van der Waals surface area (Å²) in [4.78, 5) is 9.86. The Morgan fingerprint density at radius 3 is 2.28 bits per heavy atom. The lowest BCUT2D eigenvalue weighted by Gasteiger charge is -2.30. The molecule has 3 nitrogen and oxygen atoms in total. The zero-order valence-corrected chi connectivity index (χ0v) is 20.6. The van der Waals surface area contributed by atoms with E-state index in [1.165, 1.54) is 21.6 Å². The van der Waals surface area contributed by atoms with Crippen molar-refractivity contribution in [2.75, 3.05) is 5.73 Å². The van der Waals surface area contributed by atoms with Crippen LogP contribution in [0.3, 0.4) is 0 Å². The van der Waals surface area contributed by atoms with Crippen molar-refractivity contribution in [1.29, 1.82) is 0 Å². The van der Waals surface area contributed by atoms with Gasteiger partial charge in [0.1, 0.15) is 10.6 Å². The number of aromatic nitrogens is 2. The monoisotopic (exact) mass is 563 g/mol. The summed E-state index contributed by atoms with van der Waals surface area (Å²) >= 11 is 16.1. The maximum atomic E-state index is 6.36. The number of H-pyrrole nitrogens is 1. The number of nitrogens with zero attached hydrogens (tertiary/aromatic N) is 1. The van der Waals surface area contributed by atoms with Gasteiger partial charge in [-0.2, -0.15) is 0 Å². The quantitative estimate of drug-likeness (QED) is 0.246. The van der Waals surface area contributed by atoms with E-state index in [0.29, 0.717) is 15.8 Å². The SMILES string of the molecule is Nc1[nH]c(=S)nc2sc3c(c12)C[C@H](c1ccc(Br)cc1)S[C@@H]3c1ccc(Br)cc1. The van der Waals surface area contributed by atoms with E-state index < -0.39 is 0 Å². The van der Waals surface area contributed by atoms with E-state index in [0.717, 1.165) is 25.6 Å². The molecular formula is C21H15Br2N3S3. The molecule has 8 heteroatoms. The van der Waals surface area contributed by atoms with E-state index in [4.69, 9.17) is 18.0 Å². The fourth-order valence-corrected chi connectivity index (χ4v) is 7.56. The third-order valence-corrected chi connectivity index (χ3v) is 9.21. The Morgan fingerprint density at radius 2 is 1.62 bits per heavy atom. The molecule has 5 rings (SSSR count). The highest BCUT2D eigenvalue weighted by Gasteiger charge is 2.34. The summed E-state index contributed by atoms with van der Waals surface area (Å²) in [5, 5.41) is 1.60. The number of thiophene rings is 1. The number of hydrogen-bond acceptors (Lipinski definition) is 5. The second kappa shape index (κ2) is 7.81. The highest BCUT2D eigenvalue weighted by Crippen LogP contribution is 2.55. The molecule has 2 aromatic carbocycles. The van der Waals surface area contributed by atoms with Gasteiger partial charge in [0.15, 0.2) is 4.77 Å². The highest BCUT2D eigenvalue weighted by molar-refractivity contribution is 9.10. The van der Waals surface area contributed by atoms with Crippen LogP contribution in [0.15, 0.2) is 57.5 Å². The number of nitrogen functional groups attached to an aromatic ring is 1. The third-order valence-electron chi connectivity index (χ3n) is 5.08. The molecule has 0 spiro atoms. The van der Waals surface area contributed by atoms with Crippen LogP contribution in [0.5, 0.6) is 0 Å². The lowest BCUT2D eigenvalue weighted by atomic mass is 9.98. The number of nitrogens with one attached hydrogen (secondary N) is 1. The summed E-state index contributed by atoms with van der Waals surface area (Å²) in [6.45, 7) is 0. The van der Waals surface area contributed by atoms with Crippen LogP contribution in [0.2, 0.25) is 0 Å².